The van der Waals surface area contributed by atoms with Crippen LogP contribution in [0.4, 0.5) is 4.39 Å². The third-order valence-corrected chi connectivity index (χ3v) is 4.73. The van der Waals surface area contributed by atoms with Gasteiger partial charge >= 0.3 is 0 Å². The molecule has 3 nitrogen and oxygen atoms in total. The molecule has 4 aromatic rings. The van der Waals surface area contributed by atoms with Crippen LogP contribution in [0.5, 0.6) is 5.75 Å². The van der Waals surface area contributed by atoms with Crippen molar-refractivity contribution in [1.29, 1.82) is 0 Å². The van der Waals surface area contributed by atoms with E-state index in [0.29, 0.717) is 17.1 Å². The van der Waals surface area contributed by atoms with Crippen molar-refractivity contribution in [3.63, 3.8) is 0 Å². The lowest BCUT2D eigenvalue weighted by Gasteiger charge is -2.12. The van der Waals surface area contributed by atoms with E-state index in [1.165, 1.54) is 6.07 Å². The lowest BCUT2D eigenvalue weighted by atomic mass is 10.1. The molecule has 0 saturated heterocycles. The fourth-order valence-corrected chi connectivity index (χ4v) is 3.26. The number of benzene rings is 3. The average molecular weight is 367 g/mol. The molecule has 1 aromatic heterocycles. The molecule has 1 heterocycles. The van der Waals surface area contributed by atoms with Crippen molar-refractivity contribution in [2.45, 2.75) is 6.54 Å². The van der Waals surface area contributed by atoms with Crippen molar-refractivity contribution in [3.05, 3.63) is 83.1 Å². The molecule has 0 unspecified atom stereocenters. The third-order valence-electron chi connectivity index (χ3n) is 4.38. The molecule has 0 spiro atoms. The molecule has 0 saturated carbocycles. The SMILES string of the molecule is COc1ccc(-c2nc3ccccc3n2Cc2c(F)cccc2Cl)cc1. The summed E-state index contributed by atoms with van der Waals surface area (Å²) in [6.45, 7) is 0.299. The summed E-state index contributed by atoms with van der Waals surface area (Å²) in [5.74, 6) is 1.21. The molecule has 0 amide bonds. The number of rotatable bonds is 4. The number of nitrogens with zero attached hydrogens (tertiary/aromatic N) is 2. The summed E-state index contributed by atoms with van der Waals surface area (Å²) < 4.78 is 21.6. The second kappa shape index (κ2) is 6.81. The highest BCUT2D eigenvalue weighted by Crippen LogP contribution is 2.29. The van der Waals surface area contributed by atoms with Gasteiger partial charge in [0.2, 0.25) is 0 Å². The van der Waals surface area contributed by atoms with Crippen LogP contribution in [0.25, 0.3) is 22.4 Å². The van der Waals surface area contributed by atoms with Crippen molar-refractivity contribution in [3.8, 4) is 17.1 Å². The fraction of sp³-hybridized carbons (Fsp3) is 0.0952. The van der Waals surface area contributed by atoms with Gasteiger partial charge in [0.25, 0.3) is 0 Å². The van der Waals surface area contributed by atoms with Gasteiger partial charge in [-0.15, -0.1) is 0 Å². The minimum atomic E-state index is -0.323. The van der Waals surface area contributed by atoms with Crippen LogP contribution in [0.15, 0.2) is 66.7 Å². The Hall–Kier alpha value is -2.85. The van der Waals surface area contributed by atoms with Crippen LogP contribution >= 0.6 is 11.6 Å². The molecule has 0 aliphatic carbocycles. The molecule has 5 heteroatoms. The van der Waals surface area contributed by atoms with E-state index in [-0.39, 0.29) is 5.82 Å². The van der Waals surface area contributed by atoms with Crippen LogP contribution in [-0.4, -0.2) is 16.7 Å². The maximum absolute atomic E-state index is 14.3. The van der Waals surface area contributed by atoms with Gasteiger partial charge in [0.15, 0.2) is 0 Å². The molecule has 0 bridgehead atoms. The summed E-state index contributed by atoms with van der Waals surface area (Å²) in [5.41, 5.74) is 3.16. The van der Waals surface area contributed by atoms with Crippen molar-refractivity contribution < 1.29 is 9.13 Å². The van der Waals surface area contributed by atoms with Gasteiger partial charge in [-0.2, -0.15) is 0 Å². The first-order valence-electron chi connectivity index (χ1n) is 8.20. The Bertz CT molecular complexity index is 1050. The Labute approximate surface area is 155 Å². The molecule has 4 rings (SSSR count). The Morgan fingerprint density at radius 3 is 2.50 bits per heavy atom. The van der Waals surface area contributed by atoms with Crippen LogP contribution in [-0.2, 0) is 6.54 Å². The van der Waals surface area contributed by atoms with Gasteiger partial charge in [0.05, 0.1) is 24.7 Å². The van der Waals surface area contributed by atoms with E-state index >= 15 is 0 Å². The number of hydrogen-bond acceptors (Lipinski definition) is 2. The summed E-state index contributed by atoms with van der Waals surface area (Å²) in [6.07, 6.45) is 0. The van der Waals surface area contributed by atoms with E-state index in [0.717, 1.165) is 28.2 Å². The summed E-state index contributed by atoms with van der Waals surface area (Å²) >= 11 is 6.25. The van der Waals surface area contributed by atoms with E-state index in [1.54, 1.807) is 19.2 Å². The minimum Gasteiger partial charge on any atom is -0.497 e. The molecular formula is C21H16ClFN2O. The van der Waals surface area contributed by atoms with Gasteiger partial charge in [0.1, 0.15) is 17.4 Å². The highest BCUT2D eigenvalue weighted by Gasteiger charge is 2.16. The zero-order valence-electron chi connectivity index (χ0n) is 14.1. The standard InChI is InChI=1S/C21H16ClFN2O/c1-26-15-11-9-14(10-12-15)21-24-19-7-2-3-8-20(19)25(21)13-16-17(22)5-4-6-18(16)23/h2-12H,13H2,1H3. The summed E-state index contributed by atoms with van der Waals surface area (Å²) in [4.78, 5) is 4.75. The minimum absolute atomic E-state index is 0.299. The van der Waals surface area contributed by atoms with Crippen LogP contribution in [0, 0.1) is 5.82 Å². The Kier molecular flexibility index (Phi) is 4.35. The second-order valence-electron chi connectivity index (χ2n) is 5.94. The van der Waals surface area contributed by atoms with E-state index in [2.05, 4.69) is 0 Å². The zero-order valence-corrected chi connectivity index (χ0v) is 14.9. The van der Waals surface area contributed by atoms with Crippen molar-refractivity contribution in [2.75, 3.05) is 7.11 Å². The largest absolute Gasteiger partial charge is 0.497 e. The van der Waals surface area contributed by atoms with Crippen LogP contribution in [0.3, 0.4) is 0 Å². The zero-order chi connectivity index (χ0) is 18.1. The number of methoxy groups -OCH3 is 1. The number of para-hydroxylation sites is 2. The molecule has 3 aromatic carbocycles. The fourth-order valence-electron chi connectivity index (χ4n) is 3.04. The van der Waals surface area contributed by atoms with E-state index in [4.69, 9.17) is 21.3 Å². The first-order chi connectivity index (χ1) is 12.7. The van der Waals surface area contributed by atoms with Crippen molar-refractivity contribution >= 4 is 22.6 Å². The highest BCUT2D eigenvalue weighted by molar-refractivity contribution is 6.31. The Morgan fingerprint density at radius 2 is 1.77 bits per heavy atom. The molecular weight excluding hydrogens is 351 g/mol. The van der Waals surface area contributed by atoms with E-state index in [1.807, 2.05) is 53.1 Å². The monoisotopic (exact) mass is 366 g/mol. The van der Waals surface area contributed by atoms with Gasteiger partial charge in [0, 0.05) is 16.1 Å². The lowest BCUT2D eigenvalue weighted by Crippen LogP contribution is -2.05. The van der Waals surface area contributed by atoms with Gasteiger partial charge in [-0.1, -0.05) is 29.8 Å². The smallest absolute Gasteiger partial charge is 0.141 e. The molecule has 0 fully saturated rings. The number of imidazole rings is 1. The summed E-state index contributed by atoms with van der Waals surface area (Å²) in [6, 6.07) is 20.2. The average Bonchev–Trinajstić information content (AvgIpc) is 3.03. The van der Waals surface area contributed by atoms with E-state index in [9.17, 15) is 4.39 Å². The number of fused-ring (bicyclic) bond motifs is 1. The third kappa shape index (κ3) is 2.93. The Morgan fingerprint density at radius 1 is 1.00 bits per heavy atom. The predicted molar refractivity (Wildman–Crippen MR) is 102 cm³/mol. The quantitative estimate of drug-likeness (QED) is 0.473. The van der Waals surface area contributed by atoms with Gasteiger partial charge in [-0.25, -0.2) is 9.37 Å². The molecule has 0 N–H and O–H groups in total. The summed E-state index contributed by atoms with van der Waals surface area (Å²) in [7, 11) is 1.63. The first-order valence-corrected chi connectivity index (χ1v) is 8.58. The van der Waals surface area contributed by atoms with Gasteiger partial charge in [-0.3, -0.25) is 0 Å². The molecule has 0 atom stereocenters. The molecule has 0 radical (unpaired) electrons. The number of aromatic nitrogens is 2. The number of ether oxygens (including phenoxy) is 1. The first kappa shape index (κ1) is 16.6. The van der Waals surface area contributed by atoms with Gasteiger partial charge < -0.3 is 9.30 Å². The highest BCUT2D eigenvalue weighted by atomic mass is 35.5. The Balaban J connectivity index is 1.89. The predicted octanol–water partition coefficient (Wildman–Crippen LogP) is 5.55. The molecule has 0 aliphatic heterocycles. The van der Waals surface area contributed by atoms with Crippen LogP contribution in [0.1, 0.15) is 5.56 Å². The van der Waals surface area contributed by atoms with Crippen molar-refractivity contribution in [1.82, 2.24) is 9.55 Å². The molecule has 26 heavy (non-hydrogen) atoms. The second-order valence-corrected chi connectivity index (χ2v) is 6.35. The van der Waals surface area contributed by atoms with Gasteiger partial charge in [-0.05, 0) is 48.5 Å². The topological polar surface area (TPSA) is 27.1 Å². The number of hydrogen-bond donors (Lipinski definition) is 0. The summed E-state index contributed by atoms with van der Waals surface area (Å²) in [5, 5.41) is 0.406. The molecule has 130 valence electrons. The maximum Gasteiger partial charge on any atom is 0.141 e. The maximum atomic E-state index is 14.3. The lowest BCUT2D eigenvalue weighted by molar-refractivity contribution is 0.415. The van der Waals surface area contributed by atoms with Crippen LogP contribution < -0.4 is 4.74 Å². The van der Waals surface area contributed by atoms with Crippen molar-refractivity contribution in [2.24, 2.45) is 0 Å². The number of halogens is 2. The normalized spacial score (nSPS) is 11.0. The van der Waals surface area contributed by atoms with Crippen LogP contribution in [0.2, 0.25) is 5.02 Å². The molecule has 0 aliphatic rings. The van der Waals surface area contributed by atoms with E-state index < -0.39 is 0 Å².